The van der Waals surface area contributed by atoms with Gasteiger partial charge in [-0.15, -0.1) is 20.6 Å². The Morgan fingerprint density at radius 1 is 1.44 bits per heavy atom. The third kappa shape index (κ3) is 3.93. The first-order chi connectivity index (χ1) is 8.63. The van der Waals surface area contributed by atoms with Crippen LogP contribution in [0.2, 0.25) is 0 Å². The molecule has 0 spiro atoms. The Morgan fingerprint density at radius 2 is 2.17 bits per heavy atom. The molecule has 0 fully saturated rings. The predicted octanol–water partition coefficient (Wildman–Crippen LogP) is 6.05. The van der Waals surface area contributed by atoms with E-state index in [1.165, 1.54) is 32.9 Å². The minimum absolute atomic E-state index is 1.03. The van der Waals surface area contributed by atoms with Gasteiger partial charge in [0.15, 0.2) is 0 Å². The molecule has 1 unspecified atom stereocenters. The van der Waals surface area contributed by atoms with E-state index in [1.807, 2.05) is 17.2 Å². The monoisotopic (exact) mass is 278 g/mol. The van der Waals surface area contributed by atoms with Crippen molar-refractivity contribution in [1.82, 2.24) is 0 Å². The van der Waals surface area contributed by atoms with Crippen LogP contribution in [-0.4, -0.2) is 0 Å². The van der Waals surface area contributed by atoms with E-state index >= 15 is 0 Å². The van der Waals surface area contributed by atoms with Crippen molar-refractivity contribution in [1.29, 1.82) is 0 Å². The fourth-order valence-corrected chi connectivity index (χ4v) is 3.24. The minimum Gasteiger partial charge on any atom is -0.136 e. The Kier molecular flexibility index (Phi) is 6.60. The molecule has 0 aromatic carbocycles. The van der Waals surface area contributed by atoms with Crippen LogP contribution in [0.4, 0.5) is 0 Å². The van der Waals surface area contributed by atoms with E-state index < -0.39 is 0 Å². The van der Waals surface area contributed by atoms with Crippen molar-refractivity contribution in [2.75, 3.05) is 0 Å². The number of hydrogen-bond donors (Lipinski definition) is 0. The molecule has 18 heavy (non-hydrogen) atoms. The lowest BCUT2D eigenvalue weighted by Gasteiger charge is -2.04. The fourth-order valence-electron chi connectivity index (χ4n) is 1.86. The Balaban J connectivity index is 3.12. The average Bonchev–Trinajstić information content (AvgIpc) is 2.75. The molecule has 0 aliphatic rings. The molecule has 2 heteroatoms. The standard InChI is InChI=1S/C16H23PS/c1-5-8-14(9-7-10-17)16-13(4)11-15(18-16)12(3)6-2/h7,9-11H,3,5-6,8,17H2,1-2,4H3/b10-7-,14-9+. The van der Waals surface area contributed by atoms with E-state index in [1.54, 1.807) is 0 Å². The number of hydrogen-bond acceptors (Lipinski definition) is 1. The Hall–Kier alpha value is -0.650. The van der Waals surface area contributed by atoms with Gasteiger partial charge in [-0.1, -0.05) is 44.8 Å². The van der Waals surface area contributed by atoms with E-state index in [0.717, 1.165) is 12.8 Å². The summed E-state index contributed by atoms with van der Waals surface area (Å²) in [4.78, 5) is 2.76. The maximum absolute atomic E-state index is 4.14. The van der Waals surface area contributed by atoms with Crippen LogP contribution < -0.4 is 0 Å². The molecule has 0 aliphatic heterocycles. The zero-order chi connectivity index (χ0) is 13.5. The average molecular weight is 278 g/mol. The predicted molar refractivity (Wildman–Crippen MR) is 90.1 cm³/mol. The molecule has 1 aromatic rings. The van der Waals surface area contributed by atoms with Gasteiger partial charge in [0.05, 0.1) is 0 Å². The Bertz CT molecular complexity index is 463. The van der Waals surface area contributed by atoms with E-state index in [2.05, 4.69) is 54.8 Å². The number of thiophene rings is 1. The van der Waals surface area contributed by atoms with Gasteiger partial charge < -0.3 is 0 Å². The topological polar surface area (TPSA) is 0 Å². The summed E-state index contributed by atoms with van der Waals surface area (Å²) in [5.41, 5.74) is 4.06. The normalized spacial score (nSPS) is 12.3. The van der Waals surface area contributed by atoms with E-state index in [9.17, 15) is 0 Å². The van der Waals surface area contributed by atoms with Crippen LogP contribution in [0.5, 0.6) is 0 Å². The molecule has 98 valence electrons. The van der Waals surface area contributed by atoms with Gasteiger partial charge in [0, 0.05) is 9.75 Å². The summed E-state index contributed by atoms with van der Waals surface area (Å²) >= 11 is 1.88. The van der Waals surface area contributed by atoms with Gasteiger partial charge in [-0.25, -0.2) is 0 Å². The van der Waals surface area contributed by atoms with Crippen molar-refractivity contribution >= 4 is 31.7 Å². The maximum Gasteiger partial charge on any atom is 0.0338 e. The highest BCUT2D eigenvalue weighted by molar-refractivity contribution is 7.20. The first kappa shape index (κ1) is 15.4. The molecular weight excluding hydrogens is 255 g/mol. The molecule has 0 nitrogen and oxygen atoms in total. The summed E-state index contributed by atoms with van der Waals surface area (Å²) in [6.45, 7) is 10.7. The number of allylic oxidation sites excluding steroid dienone is 4. The number of rotatable bonds is 6. The molecular formula is C16H23PS. The van der Waals surface area contributed by atoms with Crippen LogP contribution in [0.25, 0.3) is 11.1 Å². The quantitative estimate of drug-likeness (QED) is 0.439. The molecule has 0 bridgehead atoms. The summed E-state index contributed by atoms with van der Waals surface area (Å²) in [6.07, 6.45) is 7.67. The Morgan fingerprint density at radius 3 is 2.72 bits per heavy atom. The van der Waals surface area contributed by atoms with Crippen LogP contribution in [-0.2, 0) is 0 Å². The van der Waals surface area contributed by atoms with Crippen LogP contribution in [0.15, 0.2) is 30.6 Å². The van der Waals surface area contributed by atoms with Crippen molar-refractivity contribution < 1.29 is 0 Å². The largest absolute Gasteiger partial charge is 0.136 e. The molecule has 1 rings (SSSR count). The Labute approximate surface area is 118 Å². The maximum atomic E-state index is 4.14. The lowest BCUT2D eigenvalue weighted by Crippen LogP contribution is -1.82. The molecule has 0 saturated carbocycles. The van der Waals surface area contributed by atoms with Gasteiger partial charge >= 0.3 is 0 Å². The van der Waals surface area contributed by atoms with Crippen LogP contribution >= 0.6 is 20.6 Å². The third-order valence-electron chi connectivity index (χ3n) is 2.91. The molecule has 0 N–H and O–H groups in total. The van der Waals surface area contributed by atoms with Gasteiger partial charge in [-0.3, -0.25) is 0 Å². The van der Waals surface area contributed by atoms with E-state index in [4.69, 9.17) is 0 Å². The second-order valence-electron chi connectivity index (χ2n) is 4.41. The molecule has 0 radical (unpaired) electrons. The zero-order valence-corrected chi connectivity index (χ0v) is 13.6. The molecule has 1 aromatic heterocycles. The van der Waals surface area contributed by atoms with Crippen molar-refractivity contribution in [3.05, 3.63) is 45.9 Å². The molecule has 1 heterocycles. The van der Waals surface area contributed by atoms with Crippen LogP contribution in [0.3, 0.4) is 0 Å². The lowest BCUT2D eigenvalue weighted by atomic mass is 10.1. The lowest BCUT2D eigenvalue weighted by molar-refractivity contribution is 0.975. The second-order valence-corrected chi connectivity index (χ2v) is 5.84. The van der Waals surface area contributed by atoms with Gasteiger partial charge in [0.25, 0.3) is 0 Å². The van der Waals surface area contributed by atoms with Crippen LogP contribution in [0.1, 0.15) is 48.4 Å². The summed E-state index contributed by atoms with van der Waals surface area (Å²) in [5, 5.41) is 0. The summed E-state index contributed by atoms with van der Waals surface area (Å²) in [7, 11) is 2.62. The minimum atomic E-state index is 1.03. The van der Waals surface area contributed by atoms with Gasteiger partial charge in [-0.05, 0) is 42.5 Å². The van der Waals surface area contributed by atoms with E-state index in [-0.39, 0.29) is 0 Å². The van der Waals surface area contributed by atoms with Crippen LogP contribution in [0, 0.1) is 6.92 Å². The first-order valence-corrected chi connectivity index (χ1v) is 7.98. The first-order valence-electron chi connectivity index (χ1n) is 6.50. The highest BCUT2D eigenvalue weighted by atomic mass is 32.1. The molecule has 0 saturated heterocycles. The third-order valence-corrected chi connectivity index (χ3v) is 4.55. The summed E-state index contributed by atoms with van der Waals surface area (Å²) in [5.74, 6) is 2.00. The van der Waals surface area contributed by atoms with Crippen molar-refractivity contribution in [3.8, 4) is 0 Å². The van der Waals surface area contributed by atoms with Crippen molar-refractivity contribution in [2.24, 2.45) is 0 Å². The van der Waals surface area contributed by atoms with Gasteiger partial charge in [0.1, 0.15) is 0 Å². The highest BCUT2D eigenvalue weighted by Gasteiger charge is 2.10. The van der Waals surface area contributed by atoms with Crippen molar-refractivity contribution in [3.63, 3.8) is 0 Å². The SMILES string of the molecule is C=C(CC)c1cc(C)c(/C(=C/C=C\P)CCC)s1. The molecule has 0 aliphatic carbocycles. The van der Waals surface area contributed by atoms with Crippen molar-refractivity contribution in [2.45, 2.75) is 40.0 Å². The molecule has 0 amide bonds. The van der Waals surface area contributed by atoms with Gasteiger partial charge in [0.2, 0.25) is 0 Å². The summed E-state index contributed by atoms with van der Waals surface area (Å²) < 4.78 is 0. The highest BCUT2D eigenvalue weighted by Crippen LogP contribution is 2.35. The van der Waals surface area contributed by atoms with Gasteiger partial charge in [-0.2, -0.15) is 0 Å². The van der Waals surface area contributed by atoms with E-state index in [0.29, 0.717) is 0 Å². The number of aryl methyl sites for hydroxylation is 1. The fraction of sp³-hybridized carbons (Fsp3) is 0.375. The second kappa shape index (κ2) is 7.71. The zero-order valence-electron chi connectivity index (χ0n) is 11.6. The summed E-state index contributed by atoms with van der Waals surface area (Å²) in [6, 6.07) is 2.28. The molecule has 1 atom stereocenters. The smallest absolute Gasteiger partial charge is 0.0338 e.